The van der Waals surface area contributed by atoms with E-state index in [1.165, 1.54) is 12.8 Å². The zero-order valence-electron chi connectivity index (χ0n) is 10.9. The van der Waals surface area contributed by atoms with E-state index in [4.69, 9.17) is 10.5 Å². The number of hydrogen-bond donors (Lipinski definition) is 1. The van der Waals surface area contributed by atoms with Crippen LogP contribution in [-0.2, 0) is 9.53 Å². The average molecular weight is 240 g/mol. The Balaban J connectivity index is 1.80. The van der Waals surface area contributed by atoms with E-state index in [9.17, 15) is 4.79 Å². The SMILES string of the molecule is CC(OCC1CC1)C(=O)N1CCC(N)CC1C. The summed E-state index contributed by atoms with van der Waals surface area (Å²) in [6.45, 7) is 5.46. The van der Waals surface area contributed by atoms with Gasteiger partial charge in [-0.3, -0.25) is 4.79 Å². The fourth-order valence-corrected chi connectivity index (χ4v) is 2.41. The second kappa shape index (κ2) is 5.36. The van der Waals surface area contributed by atoms with Crippen LogP contribution >= 0.6 is 0 Å². The van der Waals surface area contributed by atoms with Gasteiger partial charge < -0.3 is 15.4 Å². The maximum absolute atomic E-state index is 12.2. The lowest BCUT2D eigenvalue weighted by atomic mass is 9.98. The average Bonchev–Trinajstić information content (AvgIpc) is 3.09. The predicted octanol–water partition coefficient (Wildman–Crippen LogP) is 1.14. The Kier molecular flexibility index (Phi) is 4.05. The highest BCUT2D eigenvalue weighted by atomic mass is 16.5. The molecule has 4 heteroatoms. The van der Waals surface area contributed by atoms with E-state index in [2.05, 4.69) is 6.92 Å². The molecule has 2 fully saturated rings. The topological polar surface area (TPSA) is 55.6 Å². The molecule has 0 aromatic rings. The molecule has 0 radical (unpaired) electrons. The Hall–Kier alpha value is -0.610. The Labute approximate surface area is 103 Å². The van der Waals surface area contributed by atoms with Gasteiger partial charge in [0.15, 0.2) is 0 Å². The Morgan fingerprint density at radius 2 is 2.18 bits per heavy atom. The fraction of sp³-hybridized carbons (Fsp3) is 0.923. The maximum atomic E-state index is 12.2. The van der Waals surface area contributed by atoms with Gasteiger partial charge in [-0.2, -0.15) is 0 Å². The minimum Gasteiger partial charge on any atom is -0.368 e. The number of piperidine rings is 1. The highest BCUT2D eigenvalue weighted by Crippen LogP contribution is 2.29. The molecular formula is C13H24N2O2. The van der Waals surface area contributed by atoms with Crippen molar-refractivity contribution in [1.82, 2.24) is 4.90 Å². The van der Waals surface area contributed by atoms with Gasteiger partial charge in [-0.1, -0.05) is 0 Å². The highest BCUT2D eigenvalue weighted by molar-refractivity contribution is 5.81. The van der Waals surface area contributed by atoms with Crippen LogP contribution < -0.4 is 5.73 Å². The summed E-state index contributed by atoms with van der Waals surface area (Å²) < 4.78 is 5.63. The van der Waals surface area contributed by atoms with E-state index in [1.54, 1.807) is 0 Å². The van der Waals surface area contributed by atoms with Crippen LogP contribution in [0.3, 0.4) is 0 Å². The number of amides is 1. The highest BCUT2D eigenvalue weighted by Gasteiger charge is 2.31. The third-order valence-corrected chi connectivity index (χ3v) is 3.83. The molecule has 4 nitrogen and oxygen atoms in total. The van der Waals surface area contributed by atoms with Gasteiger partial charge in [-0.05, 0) is 45.4 Å². The van der Waals surface area contributed by atoms with Crippen molar-refractivity contribution in [2.45, 2.75) is 57.7 Å². The van der Waals surface area contributed by atoms with Gasteiger partial charge in [0.1, 0.15) is 6.10 Å². The first-order valence-corrected chi connectivity index (χ1v) is 6.75. The molecule has 1 heterocycles. The normalized spacial score (nSPS) is 31.4. The number of nitrogens with two attached hydrogens (primary N) is 1. The number of likely N-dealkylation sites (tertiary alicyclic amines) is 1. The van der Waals surface area contributed by atoms with E-state index in [1.807, 2.05) is 11.8 Å². The van der Waals surface area contributed by atoms with Crippen LogP contribution in [0.2, 0.25) is 0 Å². The summed E-state index contributed by atoms with van der Waals surface area (Å²) in [6.07, 6.45) is 4.03. The van der Waals surface area contributed by atoms with Crippen molar-refractivity contribution in [3.8, 4) is 0 Å². The summed E-state index contributed by atoms with van der Waals surface area (Å²) in [5, 5.41) is 0. The lowest BCUT2D eigenvalue weighted by Gasteiger charge is -2.37. The van der Waals surface area contributed by atoms with Crippen molar-refractivity contribution in [2.24, 2.45) is 11.7 Å². The number of nitrogens with zero attached hydrogens (tertiary/aromatic N) is 1. The quantitative estimate of drug-likeness (QED) is 0.801. The molecule has 2 rings (SSSR count). The van der Waals surface area contributed by atoms with Crippen molar-refractivity contribution in [3.63, 3.8) is 0 Å². The first kappa shape index (κ1) is 12.8. The van der Waals surface area contributed by atoms with Gasteiger partial charge in [0.05, 0.1) is 6.61 Å². The van der Waals surface area contributed by atoms with Crippen LogP contribution in [0.5, 0.6) is 0 Å². The lowest BCUT2D eigenvalue weighted by Crippen LogP contribution is -2.51. The van der Waals surface area contributed by atoms with Gasteiger partial charge in [0.2, 0.25) is 0 Å². The molecule has 17 heavy (non-hydrogen) atoms. The predicted molar refractivity (Wildman–Crippen MR) is 66.5 cm³/mol. The molecule has 2 N–H and O–H groups in total. The van der Waals surface area contributed by atoms with E-state index in [-0.39, 0.29) is 24.1 Å². The molecule has 3 atom stereocenters. The molecule has 2 aliphatic rings. The Morgan fingerprint density at radius 1 is 1.47 bits per heavy atom. The van der Waals surface area contributed by atoms with Crippen molar-refractivity contribution < 1.29 is 9.53 Å². The number of rotatable bonds is 4. The number of carbonyl (C=O) groups excluding carboxylic acids is 1. The summed E-state index contributed by atoms with van der Waals surface area (Å²) in [6, 6.07) is 0.495. The summed E-state index contributed by atoms with van der Waals surface area (Å²) in [7, 11) is 0. The van der Waals surface area contributed by atoms with Crippen molar-refractivity contribution in [1.29, 1.82) is 0 Å². The maximum Gasteiger partial charge on any atom is 0.251 e. The standard InChI is InChI=1S/C13H24N2O2/c1-9-7-12(14)5-6-15(9)13(16)10(2)17-8-11-3-4-11/h9-12H,3-8,14H2,1-2H3. The summed E-state index contributed by atoms with van der Waals surface area (Å²) in [5.41, 5.74) is 5.90. The minimum atomic E-state index is -0.299. The molecule has 0 bridgehead atoms. The Morgan fingerprint density at radius 3 is 2.76 bits per heavy atom. The zero-order chi connectivity index (χ0) is 12.4. The summed E-state index contributed by atoms with van der Waals surface area (Å²) in [5.74, 6) is 0.836. The van der Waals surface area contributed by atoms with Crippen LogP contribution in [0.4, 0.5) is 0 Å². The van der Waals surface area contributed by atoms with Gasteiger partial charge in [0, 0.05) is 18.6 Å². The molecule has 0 aromatic heterocycles. The smallest absolute Gasteiger partial charge is 0.251 e. The van der Waals surface area contributed by atoms with Crippen LogP contribution in [-0.4, -0.2) is 42.1 Å². The molecule has 1 aliphatic heterocycles. The summed E-state index contributed by atoms with van der Waals surface area (Å²) in [4.78, 5) is 14.1. The molecule has 1 saturated heterocycles. The van der Waals surface area contributed by atoms with E-state index in [0.29, 0.717) is 5.92 Å². The van der Waals surface area contributed by atoms with Crippen LogP contribution in [0.15, 0.2) is 0 Å². The molecule has 1 amide bonds. The molecule has 0 aromatic carbocycles. The van der Waals surface area contributed by atoms with E-state index < -0.39 is 0 Å². The minimum absolute atomic E-state index is 0.130. The van der Waals surface area contributed by atoms with Gasteiger partial charge in [0.25, 0.3) is 5.91 Å². The largest absolute Gasteiger partial charge is 0.368 e. The van der Waals surface area contributed by atoms with Gasteiger partial charge in [-0.15, -0.1) is 0 Å². The van der Waals surface area contributed by atoms with Gasteiger partial charge >= 0.3 is 0 Å². The van der Waals surface area contributed by atoms with Crippen molar-refractivity contribution in [3.05, 3.63) is 0 Å². The van der Waals surface area contributed by atoms with Crippen molar-refractivity contribution >= 4 is 5.91 Å². The fourth-order valence-electron chi connectivity index (χ4n) is 2.41. The number of ether oxygens (including phenoxy) is 1. The molecule has 0 spiro atoms. The monoisotopic (exact) mass is 240 g/mol. The molecule has 1 aliphatic carbocycles. The van der Waals surface area contributed by atoms with E-state index in [0.717, 1.165) is 26.0 Å². The van der Waals surface area contributed by atoms with Crippen molar-refractivity contribution in [2.75, 3.05) is 13.2 Å². The van der Waals surface area contributed by atoms with E-state index >= 15 is 0 Å². The molecule has 3 unspecified atom stereocenters. The lowest BCUT2D eigenvalue weighted by molar-refractivity contribution is -0.146. The first-order valence-electron chi connectivity index (χ1n) is 6.75. The van der Waals surface area contributed by atoms with Crippen LogP contribution in [0.1, 0.15) is 39.5 Å². The third-order valence-electron chi connectivity index (χ3n) is 3.83. The third kappa shape index (κ3) is 3.42. The second-order valence-corrected chi connectivity index (χ2v) is 5.58. The molecule has 98 valence electrons. The molecule has 1 saturated carbocycles. The summed E-state index contributed by atoms with van der Waals surface area (Å²) >= 11 is 0. The number of hydrogen-bond acceptors (Lipinski definition) is 3. The van der Waals surface area contributed by atoms with Crippen LogP contribution in [0, 0.1) is 5.92 Å². The molecular weight excluding hydrogens is 216 g/mol. The zero-order valence-corrected chi connectivity index (χ0v) is 10.9. The second-order valence-electron chi connectivity index (χ2n) is 5.58. The Bertz CT molecular complexity index is 279. The van der Waals surface area contributed by atoms with Crippen LogP contribution in [0.25, 0.3) is 0 Å². The number of carbonyl (C=O) groups is 1. The first-order chi connectivity index (χ1) is 8.08. The van der Waals surface area contributed by atoms with Gasteiger partial charge in [-0.25, -0.2) is 0 Å².